The number of aromatic nitrogens is 3. The number of nitrogens with zero attached hydrogens (tertiary/aromatic N) is 3. The number of hydrogen-bond donors (Lipinski definition) is 0. The summed E-state index contributed by atoms with van der Waals surface area (Å²) < 4.78 is 7.23. The maximum absolute atomic E-state index is 5.38. The Labute approximate surface area is 123 Å². The van der Waals surface area contributed by atoms with Crippen LogP contribution >= 0.6 is 0 Å². The highest BCUT2D eigenvalue weighted by atomic mass is 16.5. The summed E-state index contributed by atoms with van der Waals surface area (Å²) in [6.07, 6.45) is 7.25. The van der Waals surface area contributed by atoms with E-state index >= 15 is 0 Å². The third kappa shape index (κ3) is 1.82. The minimum atomic E-state index is 0.0161. The Bertz CT molecular complexity index is 756. The van der Waals surface area contributed by atoms with Crippen LogP contribution in [0.1, 0.15) is 30.5 Å². The minimum absolute atomic E-state index is 0.0161. The van der Waals surface area contributed by atoms with Gasteiger partial charge in [-0.25, -0.2) is 9.50 Å². The molecule has 4 heteroatoms. The summed E-state index contributed by atoms with van der Waals surface area (Å²) in [6.45, 7) is 0. The molecule has 3 aromatic rings. The lowest BCUT2D eigenvalue weighted by Crippen LogP contribution is -2.35. The molecule has 0 atom stereocenters. The second-order valence-electron chi connectivity index (χ2n) is 5.62. The Morgan fingerprint density at radius 1 is 1.19 bits per heavy atom. The second-order valence-corrected chi connectivity index (χ2v) is 5.62. The fraction of sp³-hybridized carbons (Fsp3) is 0.294. The molecule has 1 aliphatic rings. The van der Waals surface area contributed by atoms with Gasteiger partial charge in [0, 0.05) is 23.9 Å². The Morgan fingerprint density at radius 2 is 2.10 bits per heavy atom. The first-order valence-electron chi connectivity index (χ1n) is 7.27. The predicted octanol–water partition coefficient (Wildman–Crippen LogP) is 3.21. The van der Waals surface area contributed by atoms with Crippen LogP contribution in [0.25, 0.3) is 5.65 Å². The van der Waals surface area contributed by atoms with Crippen molar-refractivity contribution in [3.63, 3.8) is 0 Å². The molecule has 1 aliphatic carbocycles. The van der Waals surface area contributed by atoms with Gasteiger partial charge >= 0.3 is 0 Å². The highest BCUT2D eigenvalue weighted by molar-refractivity contribution is 5.48. The summed E-state index contributed by atoms with van der Waals surface area (Å²) in [7, 11) is 1.71. The molecule has 1 aromatic carbocycles. The molecule has 4 nitrogen and oxygen atoms in total. The smallest absolute Gasteiger partial charge is 0.155 e. The van der Waals surface area contributed by atoms with Crippen LogP contribution in [-0.4, -0.2) is 21.7 Å². The van der Waals surface area contributed by atoms with E-state index in [1.165, 1.54) is 12.0 Å². The summed E-state index contributed by atoms with van der Waals surface area (Å²) in [5.74, 6) is 0.903. The van der Waals surface area contributed by atoms with E-state index < -0.39 is 0 Å². The molecule has 0 amide bonds. The molecule has 1 saturated carbocycles. The topological polar surface area (TPSA) is 39.4 Å². The van der Waals surface area contributed by atoms with Gasteiger partial charge < -0.3 is 4.74 Å². The van der Waals surface area contributed by atoms with Crippen LogP contribution in [0.4, 0.5) is 0 Å². The monoisotopic (exact) mass is 279 g/mol. The lowest BCUT2D eigenvalue weighted by molar-refractivity contribution is 0.291. The van der Waals surface area contributed by atoms with E-state index in [-0.39, 0.29) is 5.41 Å². The molecule has 21 heavy (non-hydrogen) atoms. The van der Waals surface area contributed by atoms with Crippen LogP contribution in [0.5, 0.6) is 5.75 Å². The van der Waals surface area contributed by atoms with E-state index in [0.29, 0.717) is 0 Å². The second kappa shape index (κ2) is 4.58. The number of methoxy groups -OCH3 is 1. The number of rotatable bonds is 3. The van der Waals surface area contributed by atoms with Crippen molar-refractivity contribution in [1.82, 2.24) is 14.6 Å². The first-order valence-corrected chi connectivity index (χ1v) is 7.27. The summed E-state index contributed by atoms with van der Waals surface area (Å²) in [5.41, 5.74) is 3.32. The van der Waals surface area contributed by atoms with Gasteiger partial charge in [-0.05, 0) is 36.6 Å². The summed E-state index contributed by atoms with van der Waals surface area (Å²) in [6, 6.07) is 12.4. The van der Waals surface area contributed by atoms with Crippen molar-refractivity contribution in [2.75, 3.05) is 7.11 Å². The van der Waals surface area contributed by atoms with Crippen LogP contribution in [0, 0.1) is 0 Å². The average Bonchev–Trinajstić information content (AvgIpc) is 2.90. The fourth-order valence-electron chi connectivity index (χ4n) is 3.21. The molecule has 0 bridgehead atoms. The number of fused-ring (bicyclic) bond motifs is 1. The van der Waals surface area contributed by atoms with Crippen LogP contribution in [-0.2, 0) is 5.41 Å². The van der Waals surface area contributed by atoms with Crippen LogP contribution in [0.2, 0.25) is 0 Å². The fourth-order valence-corrected chi connectivity index (χ4v) is 3.21. The van der Waals surface area contributed by atoms with Crippen LogP contribution < -0.4 is 4.74 Å². The highest BCUT2D eigenvalue weighted by Crippen LogP contribution is 2.49. The van der Waals surface area contributed by atoms with Gasteiger partial charge in [-0.2, -0.15) is 5.10 Å². The molecule has 0 saturated heterocycles. The molecule has 4 rings (SSSR count). The van der Waals surface area contributed by atoms with Gasteiger partial charge in [-0.1, -0.05) is 18.6 Å². The van der Waals surface area contributed by atoms with E-state index in [1.54, 1.807) is 13.3 Å². The van der Waals surface area contributed by atoms with E-state index in [0.717, 1.165) is 29.9 Å². The predicted molar refractivity (Wildman–Crippen MR) is 80.6 cm³/mol. The van der Waals surface area contributed by atoms with Crippen molar-refractivity contribution in [2.24, 2.45) is 0 Å². The Morgan fingerprint density at radius 3 is 2.81 bits per heavy atom. The zero-order valence-corrected chi connectivity index (χ0v) is 12.0. The van der Waals surface area contributed by atoms with E-state index in [1.807, 2.05) is 22.8 Å². The lowest BCUT2D eigenvalue weighted by Gasteiger charge is -2.41. The normalized spacial score (nSPS) is 16.6. The summed E-state index contributed by atoms with van der Waals surface area (Å²) >= 11 is 0. The molecule has 0 radical (unpaired) electrons. The van der Waals surface area contributed by atoms with Gasteiger partial charge in [0.05, 0.1) is 12.8 Å². The van der Waals surface area contributed by atoms with Crippen LogP contribution in [0.15, 0.2) is 48.8 Å². The quantitative estimate of drug-likeness (QED) is 0.739. The summed E-state index contributed by atoms with van der Waals surface area (Å²) in [4.78, 5) is 4.38. The molecule has 0 aliphatic heterocycles. The lowest BCUT2D eigenvalue weighted by atomic mass is 9.62. The van der Waals surface area contributed by atoms with Gasteiger partial charge in [0.1, 0.15) is 5.75 Å². The Balaban J connectivity index is 1.85. The van der Waals surface area contributed by atoms with Gasteiger partial charge in [-0.15, -0.1) is 0 Å². The minimum Gasteiger partial charge on any atom is -0.497 e. The van der Waals surface area contributed by atoms with E-state index in [4.69, 9.17) is 9.84 Å². The zero-order valence-electron chi connectivity index (χ0n) is 12.0. The first kappa shape index (κ1) is 12.4. The third-order valence-electron chi connectivity index (χ3n) is 4.56. The van der Waals surface area contributed by atoms with Gasteiger partial charge in [0.25, 0.3) is 0 Å². The maximum atomic E-state index is 5.38. The first-order chi connectivity index (χ1) is 10.3. The molecule has 2 heterocycles. The average molecular weight is 279 g/mol. The third-order valence-corrected chi connectivity index (χ3v) is 4.56. The van der Waals surface area contributed by atoms with Gasteiger partial charge in [0.15, 0.2) is 5.65 Å². The molecule has 106 valence electrons. The number of hydrogen-bond acceptors (Lipinski definition) is 3. The highest BCUT2D eigenvalue weighted by Gasteiger charge is 2.42. The largest absolute Gasteiger partial charge is 0.497 e. The molecule has 0 N–H and O–H groups in total. The van der Waals surface area contributed by atoms with Crippen molar-refractivity contribution in [3.8, 4) is 5.75 Å². The van der Waals surface area contributed by atoms with E-state index in [2.05, 4.69) is 29.2 Å². The number of benzene rings is 1. The van der Waals surface area contributed by atoms with Crippen molar-refractivity contribution < 1.29 is 4.74 Å². The van der Waals surface area contributed by atoms with Crippen LogP contribution in [0.3, 0.4) is 0 Å². The zero-order chi connectivity index (χ0) is 14.3. The SMILES string of the molecule is COc1cccc(C2(c3cc4ncccn4n3)CCC2)c1. The molecule has 1 fully saturated rings. The van der Waals surface area contributed by atoms with Gasteiger partial charge in [-0.3, -0.25) is 0 Å². The van der Waals surface area contributed by atoms with Gasteiger partial charge in [0.2, 0.25) is 0 Å². The van der Waals surface area contributed by atoms with Crippen molar-refractivity contribution in [3.05, 3.63) is 60.0 Å². The summed E-state index contributed by atoms with van der Waals surface area (Å²) in [5, 5.41) is 4.75. The molecule has 0 unspecified atom stereocenters. The Kier molecular flexibility index (Phi) is 2.70. The van der Waals surface area contributed by atoms with Crippen molar-refractivity contribution >= 4 is 5.65 Å². The Hall–Kier alpha value is -2.36. The van der Waals surface area contributed by atoms with Crippen molar-refractivity contribution in [2.45, 2.75) is 24.7 Å². The van der Waals surface area contributed by atoms with E-state index in [9.17, 15) is 0 Å². The molecular formula is C17H17N3O. The molecular weight excluding hydrogens is 262 g/mol. The standard InChI is InChI=1S/C17H17N3O/c1-21-14-6-2-5-13(11-14)17(7-3-8-17)15-12-16-18-9-4-10-20(16)19-15/h2,4-6,9-12H,3,7-8H2,1H3. The maximum Gasteiger partial charge on any atom is 0.155 e. The molecule has 0 spiro atoms. The van der Waals surface area contributed by atoms with Crippen molar-refractivity contribution in [1.29, 1.82) is 0 Å². The molecule has 2 aromatic heterocycles. The number of ether oxygens (including phenoxy) is 1.